The summed E-state index contributed by atoms with van der Waals surface area (Å²) in [4.78, 5) is 7.82. The van der Waals surface area contributed by atoms with Gasteiger partial charge in [0, 0.05) is 51.4 Å². The molecule has 0 unspecified atom stereocenters. The first-order valence-corrected chi connectivity index (χ1v) is 10.2. The highest BCUT2D eigenvalue weighted by molar-refractivity contribution is 14.0. The minimum atomic E-state index is 0. The Kier molecular flexibility index (Phi) is 12.0. The van der Waals surface area contributed by atoms with Gasteiger partial charge in [0.2, 0.25) is 0 Å². The number of halogens is 1. The van der Waals surface area contributed by atoms with Crippen molar-refractivity contribution in [3.05, 3.63) is 59.7 Å². The summed E-state index contributed by atoms with van der Waals surface area (Å²) in [5.41, 5.74) is 3.59. The fourth-order valence-electron chi connectivity index (χ4n) is 2.68. The first-order valence-electron chi connectivity index (χ1n) is 9.02. The Morgan fingerprint density at radius 3 is 2.29 bits per heavy atom. The van der Waals surface area contributed by atoms with Crippen LogP contribution in [0.1, 0.15) is 11.1 Å². The van der Waals surface area contributed by atoms with E-state index in [1.54, 1.807) is 18.9 Å². The molecule has 0 heterocycles. The Morgan fingerprint density at radius 1 is 1.07 bits per heavy atom. The molecule has 154 valence electrons. The average molecular weight is 514 g/mol. The van der Waals surface area contributed by atoms with E-state index in [9.17, 15) is 0 Å². The zero-order valence-corrected chi connectivity index (χ0v) is 20.2. The smallest absolute Gasteiger partial charge is 0.193 e. The molecule has 2 aromatic rings. The van der Waals surface area contributed by atoms with Crippen molar-refractivity contribution in [3.8, 4) is 0 Å². The predicted molar refractivity (Wildman–Crippen MR) is 132 cm³/mol. The van der Waals surface area contributed by atoms with Crippen LogP contribution in [-0.4, -0.2) is 51.5 Å². The van der Waals surface area contributed by atoms with Gasteiger partial charge in [-0.15, -0.1) is 35.7 Å². The highest BCUT2D eigenvalue weighted by atomic mass is 127. The van der Waals surface area contributed by atoms with Gasteiger partial charge >= 0.3 is 0 Å². The summed E-state index contributed by atoms with van der Waals surface area (Å²) in [5, 5.41) is 6.76. The molecular weight excluding hydrogens is 483 g/mol. The summed E-state index contributed by atoms with van der Waals surface area (Å²) in [6, 6.07) is 17.1. The Balaban J connectivity index is 0.00000392. The third-order valence-corrected chi connectivity index (χ3v) is 4.94. The second-order valence-corrected chi connectivity index (χ2v) is 7.10. The van der Waals surface area contributed by atoms with E-state index < -0.39 is 0 Å². The second-order valence-electron chi connectivity index (χ2n) is 6.22. The Bertz CT molecular complexity index is 707. The zero-order chi connectivity index (χ0) is 19.5. The monoisotopic (exact) mass is 514 g/mol. The number of nitrogens with zero attached hydrogens (tertiary/aromatic N) is 2. The van der Waals surface area contributed by atoms with Gasteiger partial charge in [-0.2, -0.15) is 0 Å². The molecule has 7 heteroatoms. The van der Waals surface area contributed by atoms with Gasteiger partial charge in [0.25, 0.3) is 0 Å². The second kappa shape index (κ2) is 13.7. The summed E-state index contributed by atoms with van der Waals surface area (Å²) in [6.45, 7) is 3.06. The summed E-state index contributed by atoms with van der Waals surface area (Å²) in [5.74, 6) is 0.881. The predicted octanol–water partition coefficient (Wildman–Crippen LogP) is 4.29. The van der Waals surface area contributed by atoms with Crippen LogP contribution in [0.5, 0.6) is 0 Å². The number of hydrogen-bond acceptors (Lipinski definition) is 4. The lowest BCUT2D eigenvalue weighted by atomic mass is 10.2. The third kappa shape index (κ3) is 8.28. The van der Waals surface area contributed by atoms with Gasteiger partial charge in [0.15, 0.2) is 5.96 Å². The number of benzene rings is 2. The Labute approximate surface area is 190 Å². The highest BCUT2D eigenvalue weighted by Crippen LogP contribution is 2.15. The van der Waals surface area contributed by atoms with E-state index in [0.717, 1.165) is 31.3 Å². The quantitative estimate of drug-likeness (QED) is 0.172. The minimum absolute atomic E-state index is 0. The SMILES string of the molecule is CN=C(NCc1ccc(NCCOC)cc1)N(C)Cc1ccc(SC)cc1.I. The number of hydrogen-bond donors (Lipinski definition) is 2. The molecule has 0 aliphatic heterocycles. The molecule has 0 aliphatic carbocycles. The maximum absolute atomic E-state index is 5.05. The van der Waals surface area contributed by atoms with Crippen LogP contribution in [-0.2, 0) is 17.8 Å². The molecule has 0 radical (unpaired) electrons. The minimum Gasteiger partial charge on any atom is -0.383 e. The van der Waals surface area contributed by atoms with Gasteiger partial charge in [0.05, 0.1) is 6.61 Å². The van der Waals surface area contributed by atoms with E-state index in [1.165, 1.54) is 16.0 Å². The summed E-state index contributed by atoms with van der Waals surface area (Å²) < 4.78 is 5.05. The molecule has 0 saturated carbocycles. The number of guanidine groups is 1. The third-order valence-electron chi connectivity index (χ3n) is 4.19. The van der Waals surface area contributed by atoms with Crippen molar-refractivity contribution in [3.63, 3.8) is 0 Å². The molecule has 0 fully saturated rings. The number of ether oxygens (including phenoxy) is 1. The lowest BCUT2D eigenvalue weighted by molar-refractivity contribution is 0.211. The summed E-state index contributed by atoms with van der Waals surface area (Å²) >= 11 is 1.76. The molecule has 0 atom stereocenters. The highest BCUT2D eigenvalue weighted by Gasteiger charge is 2.07. The molecule has 2 aromatic carbocycles. The number of anilines is 1. The van der Waals surface area contributed by atoms with E-state index in [-0.39, 0.29) is 24.0 Å². The van der Waals surface area contributed by atoms with Crippen LogP contribution in [0.25, 0.3) is 0 Å². The van der Waals surface area contributed by atoms with Crippen molar-refractivity contribution in [2.75, 3.05) is 45.9 Å². The van der Waals surface area contributed by atoms with Gasteiger partial charge in [-0.05, 0) is 41.6 Å². The van der Waals surface area contributed by atoms with Crippen molar-refractivity contribution in [1.29, 1.82) is 0 Å². The van der Waals surface area contributed by atoms with Crippen molar-refractivity contribution < 1.29 is 4.74 Å². The molecule has 0 bridgehead atoms. The maximum atomic E-state index is 5.05. The molecular formula is C21H31IN4OS. The summed E-state index contributed by atoms with van der Waals surface area (Å²) in [7, 11) is 5.58. The normalized spacial score (nSPS) is 10.9. The van der Waals surface area contributed by atoms with Crippen LogP contribution in [0.15, 0.2) is 58.4 Å². The molecule has 0 aliphatic rings. The first kappa shape index (κ1) is 24.6. The van der Waals surface area contributed by atoms with Gasteiger partial charge in [-0.3, -0.25) is 4.99 Å². The number of rotatable bonds is 9. The molecule has 0 saturated heterocycles. The van der Waals surface area contributed by atoms with Gasteiger partial charge in [-0.1, -0.05) is 24.3 Å². The van der Waals surface area contributed by atoms with Crippen LogP contribution >= 0.6 is 35.7 Å². The first-order chi connectivity index (χ1) is 13.2. The number of methoxy groups -OCH3 is 1. The van der Waals surface area contributed by atoms with Crippen molar-refractivity contribution >= 4 is 47.4 Å². The van der Waals surface area contributed by atoms with E-state index in [1.807, 2.05) is 7.05 Å². The van der Waals surface area contributed by atoms with Crippen molar-refractivity contribution in [1.82, 2.24) is 10.2 Å². The van der Waals surface area contributed by atoms with E-state index in [4.69, 9.17) is 4.74 Å². The van der Waals surface area contributed by atoms with Gasteiger partial charge in [-0.25, -0.2) is 0 Å². The maximum Gasteiger partial charge on any atom is 0.193 e. The van der Waals surface area contributed by atoms with Crippen LogP contribution in [0.3, 0.4) is 0 Å². The van der Waals surface area contributed by atoms with Crippen LogP contribution in [0.4, 0.5) is 5.69 Å². The number of aliphatic imine (C=N–C) groups is 1. The van der Waals surface area contributed by atoms with Crippen LogP contribution < -0.4 is 10.6 Å². The Hall–Kier alpha value is -1.45. The standard InChI is InChI=1S/C21H30N4OS.HI/c1-22-21(25(2)16-18-7-11-20(27-4)12-8-18)24-15-17-5-9-19(10-6-17)23-13-14-26-3;/h5-12,23H,13-16H2,1-4H3,(H,22,24);1H. The lowest BCUT2D eigenvalue weighted by Crippen LogP contribution is -2.38. The van der Waals surface area contributed by atoms with Crippen LogP contribution in [0, 0.1) is 0 Å². The fraction of sp³-hybridized carbons (Fsp3) is 0.381. The van der Waals surface area contributed by atoms with Gasteiger partial charge in [0.1, 0.15) is 0 Å². The van der Waals surface area contributed by atoms with Crippen molar-refractivity contribution in [2.24, 2.45) is 4.99 Å². The lowest BCUT2D eigenvalue weighted by Gasteiger charge is -2.22. The van der Waals surface area contributed by atoms with Crippen LogP contribution in [0.2, 0.25) is 0 Å². The summed E-state index contributed by atoms with van der Waals surface area (Å²) in [6.07, 6.45) is 2.09. The number of thioether (sulfide) groups is 1. The Morgan fingerprint density at radius 2 is 1.71 bits per heavy atom. The van der Waals surface area contributed by atoms with Gasteiger partial charge < -0.3 is 20.3 Å². The van der Waals surface area contributed by atoms with E-state index in [0.29, 0.717) is 6.61 Å². The number of nitrogens with one attached hydrogen (secondary N) is 2. The fourth-order valence-corrected chi connectivity index (χ4v) is 3.09. The molecule has 5 nitrogen and oxygen atoms in total. The molecule has 0 spiro atoms. The van der Waals surface area contributed by atoms with E-state index >= 15 is 0 Å². The largest absolute Gasteiger partial charge is 0.383 e. The molecule has 2 N–H and O–H groups in total. The average Bonchev–Trinajstić information content (AvgIpc) is 2.70. The molecule has 0 aromatic heterocycles. The molecule has 28 heavy (non-hydrogen) atoms. The zero-order valence-electron chi connectivity index (χ0n) is 17.1. The molecule has 0 amide bonds. The van der Waals surface area contributed by atoms with Crippen molar-refractivity contribution in [2.45, 2.75) is 18.0 Å². The topological polar surface area (TPSA) is 48.9 Å². The van der Waals surface area contributed by atoms with E-state index in [2.05, 4.69) is 82.4 Å². The molecule has 2 rings (SSSR count).